The van der Waals surface area contributed by atoms with E-state index in [0.717, 1.165) is 0 Å². The number of hydrogen-bond donors (Lipinski definition) is 0. The summed E-state index contributed by atoms with van der Waals surface area (Å²) in [4.78, 5) is 0. The quantitative estimate of drug-likeness (QED) is 0.431. The fourth-order valence-corrected chi connectivity index (χ4v) is 2.89. The van der Waals surface area contributed by atoms with Crippen LogP contribution in [0.15, 0.2) is 18.2 Å². The molecule has 0 aromatic heterocycles. The molecular formula is C20H34Na+. The Morgan fingerprint density at radius 2 is 1.24 bits per heavy atom. The van der Waals surface area contributed by atoms with Crippen molar-refractivity contribution in [3.63, 3.8) is 0 Å². The molecule has 1 rings (SSSR count). The van der Waals surface area contributed by atoms with E-state index in [2.05, 4.69) is 39.0 Å². The minimum atomic E-state index is 0. The van der Waals surface area contributed by atoms with Crippen molar-refractivity contribution in [2.75, 3.05) is 0 Å². The zero-order valence-corrected chi connectivity index (χ0v) is 17.0. The Hall–Kier alpha value is 0.220. The Bertz CT molecular complexity index is 357. The second kappa shape index (κ2) is 13.9. The molecule has 0 saturated heterocycles. The van der Waals surface area contributed by atoms with E-state index >= 15 is 0 Å². The molecule has 1 heteroatoms. The Morgan fingerprint density at radius 1 is 0.714 bits per heavy atom. The van der Waals surface area contributed by atoms with Crippen molar-refractivity contribution in [2.45, 2.75) is 91.4 Å². The Balaban J connectivity index is 0.00000400. The molecule has 0 atom stereocenters. The molecule has 0 saturated carbocycles. The molecule has 0 aliphatic heterocycles. The van der Waals surface area contributed by atoms with Crippen LogP contribution >= 0.6 is 0 Å². The predicted molar refractivity (Wildman–Crippen MR) is 91.5 cm³/mol. The van der Waals surface area contributed by atoms with Crippen molar-refractivity contribution in [3.8, 4) is 0 Å². The molecule has 21 heavy (non-hydrogen) atoms. The summed E-state index contributed by atoms with van der Waals surface area (Å²) in [6, 6.07) is 6.72. The maximum atomic E-state index is 2.30. The van der Waals surface area contributed by atoms with Gasteiger partial charge in [-0.2, -0.15) is 0 Å². The fraction of sp³-hybridized carbons (Fsp3) is 0.700. The van der Waals surface area contributed by atoms with Crippen LogP contribution in [0.5, 0.6) is 0 Å². The van der Waals surface area contributed by atoms with E-state index in [1.54, 1.807) is 5.56 Å². The minimum absolute atomic E-state index is 0. The molecule has 0 amide bonds. The first-order valence-corrected chi connectivity index (χ1v) is 8.80. The van der Waals surface area contributed by atoms with Crippen LogP contribution in [0, 0.1) is 13.8 Å². The van der Waals surface area contributed by atoms with Gasteiger partial charge in [-0.3, -0.25) is 0 Å². The van der Waals surface area contributed by atoms with E-state index in [-0.39, 0.29) is 29.6 Å². The van der Waals surface area contributed by atoms with E-state index in [4.69, 9.17) is 0 Å². The maximum Gasteiger partial charge on any atom is 1.00 e. The Kier molecular flexibility index (Phi) is 14.0. The summed E-state index contributed by atoms with van der Waals surface area (Å²) >= 11 is 0. The molecule has 0 unspecified atom stereocenters. The van der Waals surface area contributed by atoms with Crippen molar-refractivity contribution < 1.29 is 29.6 Å². The van der Waals surface area contributed by atoms with Crippen LogP contribution in [0.2, 0.25) is 0 Å². The van der Waals surface area contributed by atoms with Crippen molar-refractivity contribution in [3.05, 3.63) is 34.9 Å². The first-order chi connectivity index (χ1) is 9.75. The number of benzene rings is 1. The summed E-state index contributed by atoms with van der Waals surface area (Å²) in [5, 5.41) is 0. The molecular weight excluding hydrogens is 263 g/mol. The molecule has 0 radical (unpaired) electrons. The third-order valence-corrected chi connectivity index (χ3v) is 4.52. The second-order valence-corrected chi connectivity index (χ2v) is 6.29. The zero-order valence-electron chi connectivity index (χ0n) is 15.0. The summed E-state index contributed by atoms with van der Waals surface area (Å²) in [7, 11) is 0. The van der Waals surface area contributed by atoms with Crippen LogP contribution in [0.1, 0.15) is 87.8 Å². The fourth-order valence-electron chi connectivity index (χ4n) is 2.89. The summed E-state index contributed by atoms with van der Waals surface area (Å²) in [5.74, 6) is 0. The smallest absolute Gasteiger partial charge is 0.0654 e. The van der Waals surface area contributed by atoms with Crippen molar-refractivity contribution >= 4 is 0 Å². The molecule has 0 spiro atoms. The van der Waals surface area contributed by atoms with Crippen LogP contribution in [0.4, 0.5) is 0 Å². The third kappa shape index (κ3) is 9.76. The third-order valence-electron chi connectivity index (χ3n) is 4.52. The van der Waals surface area contributed by atoms with E-state index < -0.39 is 0 Å². The van der Waals surface area contributed by atoms with Crippen molar-refractivity contribution in [2.24, 2.45) is 0 Å². The summed E-state index contributed by atoms with van der Waals surface area (Å²) in [6.07, 6.45) is 15.5. The van der Waals surface area contributed by atoms with Crippen LogP contribution in [-0.4, -0.2) is 0 Å². The largest absolute Gasteiger partial charge is 1.00 e. The topological polar surface area (TPSA) is 0 Å². The molecule has 114 valence electrons. The van der Waals surface area contributed by atoms with E-state index in [1.165, 1.54) is 81.8 Å². The molecule has 1 aromatic rings. The normalized spacial score (nSPS) is 10.4. The number of unbranched alkanes of at least 4 members (excludes halogenated alkanes) is 9. The Labute approximate surface area is 155 Å². The van der Waals surface area contributed by atoms with Gasteiger partial charge in [-0.25, -0.2) is 0 Å². The van der Waals surface area contributed by atoms with Crippen LogP contribution in [0.25, 0.3) is 0 Å². The maximum absolute atomic E-state index is 2.30. The van der Waals surface area contributed by atoms with Crippen LogP contribution < -0.4 is 29.6 Å². The van der Waals surface area contributed by atoms with Gasteiger partial charge in [0.2, 0.25) is 0 Å². The molecule has 0 aliphatic rings. The molecule has 0 aliphatic carbocycles. The molecule has 0 nitrogen and oxygen atoms in total. The SMILES string of the molecule is CCCCCCCCCCCCc1cccc(C)c1C.[Na+]. The first-order valence-electron chi connectivity index (χ1n) is 8.80. The average Bonchev–Trinajstić information content (AvgIpc) is 2.45. The molecule has 1 aromatic carbocycles. The second-order valence-electron chi connectivity index (χ2n) is 6.29. The zero-order chi connectivity index (χ0) is 14.6. The predicted octanol–water partition coefficient (Wildman–Crippen LogP) is 3.77. The summed E-state index contributed by atoms with van der Waals surface area (Å²) in [6.45, 7) is 6.77. The van der Waals surface area contributed by atoms with Gasteiger partial charge in [0, 0.05) is 0 Å². The van der Waals surface area contributed by atoms with Gasteiger partial charge in [-0.15, -0.1) is 0 Å². The summed E-state index contributed by atoms with van der Waals surface area (Å²) in [5.41, 5.74) is 4.50. The van der Waals surface area contributed by atoms with Gasteiger partial charge >= 0.3 is 29.6 Å². The minimum Gasteiger partial charge on any atom is -0.0654 e. The summed E-state index contributed by atoms with van der Waals surface area (Å²) < 4.78 is 0. The van der Waals surface area contributed by atoms with Crippen molar-refractivity contribution in [1.82, 2.24) is 0 Å². The number of rotatable bonds is 11. The Morgan fingerprint density at radius 3 is 1.81 bits per heavy atom. The van der Waals surface area contributed by atoms with Gasteiger partial charge < -0.3 is 0 Å². The number of aryl methyl sites for hydroxylation is 2. The monoisotopic (exact) mass is 297 g/mol. The first kappa shape index (κ1) is 21.2. The van der Waals surface area contributed by atoms with Crippen molar-refractivity contribution in [1.29, 1.82) is 0 Å². The van der Waals surface area contributed by atoms with Gasteiger partial charge in [0.15, 0.2) is 0 Å². The van der Waals surface area contributed by atoms with E-state index in [9.17, 15) is 0 Å². The van der Waals surface area contributed by atoms with E-state index in [1.807, 2.05) is 0 Å². The van der Waals surface area contributed by atoms with E-state index in [0.29, 0.717) is 0 Å². The molecule has 0 fully saturated rings. The average molecular weight is 297 g/mol. The molecule has 0 bridgehead atoms. The molecule has 0 N–H and O–H groups in total. The van der Waals surface area contributed by atoms with Gasteiger partial charge in [0.05, 0.1) is 0 Å². The van der Waals surface area contributed by atoms with Crippen LogP contribution in [0.3, 0.4) is 0 Å². The van der Waals surface area contributed by atoms with Crippen LogP contribution in [-0.2, 0) is 6.42 Å². The van der Waals surface area contributed by atoms with Gasteiger partial charge in [-0.05, 0) is 43.4 Å². The van der Waals surface area contributed by atoms with Gasteiger partial charge in [0.25, 0.3) is 0 Å². The molecule has 0 heterocycles. The van der Waals surface area contributed by atoms with Gasteiger partial charge in [-0.1, -0.05) is 82.9 Å². The number of hydrogen-bond acceptors (Lipinski definition) is 0. The standard InChI is InChI=1S/C20H34.Na/c1-4-5-6-7-8-9-10-11-12-13-16-20-17-14-15-18(2)19(20)3;/h14-15,17H,4-13,16H2,1-3H3;/q;+1. The van der Waals surface area contributed by atoms with Gasteiger partial charge in [0.1, 0.15) is 0 Å².